The second-order valence-electron chi connectivity index (χ2n) is 8.85. The Kier molecular flexibility index (Phi) is 8.78. The van der Waals surface area contributed by atoms with Crippen molar-refractivity contribution in [2.45, 2.75) is 23.1 Å². The first-order valence-electron chi connectivity index (χ1n) is 12.4. The fourth-order valence-electron chi connectivity index (χ4n) is 4.32. The van der Waals surface area contributed by atoms with Crippen LogP contribution in [-0.2, 0) is 15.3 Å². The van der Waals surface area contributed by atoms with Gasteiger partial charge in [0.15, 0.2) is 4.34 Å². The van der Waals surface area contributed by atoms with Gasteiger partial charge in [-0.2, -0.15) is 0 Å². The molecular formula is C28H20Cl2N4O6S2. The van der Waals surface area contributed by atoms with E-state index in [9.17, 15) is 24.8 Å². The van der Waals surface area contributed by atoms with Crippen molar-refractivity contribution in [1.29, 1.82) is 0 Å². The van der Waals surface area contributed by atoms with Crippen LogP contribution in [0.2, 0.25) is 10.0 Å². The van der Waals surface area contributed by atoms with Gasteiger partial charge in [-0.3, -0.25) is 24.6 Å². The third-order valence-corrected chi connectivity index (χ3v) is 8.94. The van der Waals surface area contributed by atoms with Gasteiger partial charge in [-0.15, -0.1) is 10.2 Å². The zero-order valence-corrected chi connectivity index (χ0v) is 24.8. The topological polar surface area (TPSA) is 136 Å². The van der Waals surface area contributed by atoms with E-state index in [1.807, 2.05) is 6.92 Å². The molecule has 0 radical (unpaired) electrons. The van der Waals surface area contributed by atoms with Crippen molar-refractivity contribution in [1.82, 2.24) is 10.2 Å². The lowest BCUT2D eigenvalue weighted by atomic mass is 9.95. The lowest BCUT2D eigenvalue weighted by molar-refractivity contribution is -0.384. The molecule has 1 atom stereocenters. The van der Waals surface area contributed by atoms with Crippen LogP contribution in [0.4, 0.5) is 10.8 Å². The summed E-state index contributed by atoms with van der Waals surface area (Å²) in [6.45, 7) is 2.27. The number of hydrogen-bond acceptors (Lipinski definition) is 10. The number of rotatable bonds is 9. The Hall–Kier alpha value is -3.97. The summed E-state index contributed by atoms with van der Waals surface area (Å²) in [5.41, 5.74) is 0.846. The number of benzene rings is 3. The van der Waals surface area contributed by atoms with E-state index in [1.54, 1.807) is 48.5 Å². The van der Waals surface area contributed by atoms with E-state index in [0.29, 0.717) is 32.5 Å². The Morgan fingerprint density at radius 2 is 1.88 bits per heavy atom. The van der Waals surface area contributed by atoms with Crippen LogP contribution in [0.1, 0.15) is 29.7 Å². The number of thioether (sulfide) groups is 1. The molecule has 1 aromatic heterocycles. The Balaban J connectivity index is 1.55. The third kappa shape index (κ3) is 5.97. The molecule has 0 saturated carbocycles. The molecule has 3 aromatic carbocycles. The van der Waals surface area contributed by atoms with Gasteiger partial charge in [0, 0.05) is 33.5 Å². The monoisotopic (exact) mass is 642 g/mol. The molecule has 5 rings (SSSR count). The van der Waals surface area contributed by atoms with Gasteiger partial charge in [0.25, 0.3) is 11.5 Å². The molecule has 1 saturated heterocycles. The summed E-state index contributed by atoms with van der Waals surface area (Å²) in [5.74, 6) is -1.35. The molecule has 1 N–H and O–H groups in total. The highest BCUT2D eigenvalue weighted by molar-refractivity contribution is 8.00. The Morgan fingerprint density at radius 1 is 1.12 bits per heavy atom. The Labute approximate surface area is 257 Å². The number of carbonyl (C=O) groups excluding carboxylic acids is 2. The highest BCUT2D eigenvalue weighted by Gasteiger charge is 2.48. The van der Waals surface area contributed by atoms with Crippen molar-refractivity contribution in [2.75, 3.05) is 11.5 Å². The molecular weight excluding hydrogens is 623 g/mol. The summed E-state index contributed by atoms with van der Waals surface area (Å²) in [6.07, 6.45) is 0. The van der Waals surface area contributed by atoms with Gasteiger partial charge in [0.1, 0.15) is 11.5 Å². The third-order valence-electron chi connectivity index (χ3n) is 6.25. The second kappa shape index (κ2) is 12.5. The van der Waals surface area contributed by atoms with Crippen LogP contribution in [0.5, 0.6) is 5.75 Å². The number of amides is 1. The number of aliphatic hydroxyl groups is 1. The van der Waals surface area contributed by atoms with Crippen LogP contribution < -0.4 is 9.64 Å². The zero-order valence-electron chi connectivity index (χ0n) is 21.7. The zero-order chi connectivity index (χ0) is 30.0. The minimum absolute atomic E-state index is 0.0871. The molecule has 10 nitrogen and oxygen atoms in total. The molecule has 42 heavy (non-hydrogen) atoms. The summed E-state index contributed by atoms with van der Waals surface area (Å²) in [6, 6.07) is 15.8. The van der Waals surface area contributed by atoms with Crippen molar-refractivity contribution >= 4 is 74.6 Å². The number of ketones is 1. The van der Waals surface area contributed by atoms with Crippen LogP contribution in [0, 0.1) is 10.1 Å². The maximum atomic E-state index is 13.4. The van der Waals surface area contributed by atoms with Crippen LogP contribution in [0.15, 0.2) is 76.6 Å². The molecule has 14 heteroatoms. The summed E-state index contributed by atoms with van der Waals surface area (Å²) in [7, 11) is 0. The highest BCUT2D eigenvalue weighted by atomic mass is 35.5. The van der Waals surface area contributed by atoms with Gasteiger partial charge in [0.2, 0.25) is 5.13 Å². The molecule has 214 valence electrons. The van der Waals surface area contributed by atoms with Crippen LogP contribution >= 0.6 is 46.3 Å². The van der Waals surface area contributed by atoms with Crippen molar-refractivity contribution < 1.29 is 24.4 Å². The fraction of sp³-hybridized carbons (Fsp3) is 0.143. The molecule has 1 amide bonds. The first kappa shape index (κ1) is 29.5. The molecule has 1 aliphatic rings. The van der Waals surface area contributed by atoms with E-state index >= 15 is 0 Å². The fourth-order valence-corrected chi connectivity index (χ4v) is 6.75. The first-order chi connectivity index (χ1) is 20.2. The number of halogens is 2. The average molecular weight is 644 g/mol. The standard InChI is InChI=1S/C28H20Cl2N4O6S2/c1-2-40-20-10-7-15(8-11-20)24(35)22-23(16-4-3-5-19(12-16)34(38)39)33(26(37)25(22)36)27-31-32-28(42-27)41-14-17-6-9-18(29)13-21(17)30/h3-13,23,35H,2,14H2,1H3/b24-22-. The SMILES string of the molecule is CCOc1ccc(/C(O)=C2/C(=O)C(=O)N(c3nnc(SCc4ccc(Cl)cc4Cl)s3)C2c2cccc([N+](=O)[O-])c2)cc1. The number of anilines is 1. The van der Waals surface area contributed by atoms with E-state index in [1.165, 1.54) is 30.0 Å². The number of aromatic nitrogens is 2. The van der Waals surface area contributed by atoms with Crippen molar-refractivity contribution in [3.8, 4) is 5.75 Å². The number of Topliss-reactive ketones (excluding diaryl/α,β-unsaturated/α-hetero) is 1. The largest absolute Gasteiger partial charge is 0.507 e. The molecule has 1 aliphatic heterocycles. The second-order valence-corrected chi connectivity index (χ2v) is 11.9. The molecule has 0 aliphatic carbocycles. The molecule has 0 spiro atoms. The maximum Gasteiger partial charge on any atom is 0.301 e. The quantitative estimate of drug-likeness (QED) is 0.0386. The van der Waals surface area contributed by atoms with E-state index in [2.05, 4.69) is 10.2 Å². The van der Waals surface area contributed by atoms with Crippen molar-refractivity contribution in [3.63, 3.8) is 0 Å². The van der Waals surface area contributed by atoms with Crippen LogP contribution in [-0.4, -0.2) is 38.5 Å². The summed E-state index contributed by atoms with van der Waals surface area (Å²) in [4.78, 5) is 38.9. The lowest BCUT2D eigenvalue weighted by Crippen LogP contribution is -2.29. The van der Waals surface area contributed by atoms with E-state index in [-0.39, 0.29) is 27.5 Å². The molecule has 2 heterocycles. The number of nitrogens with zero attached hydrogens (tertiary/aromatic N) is 4. The maximum absolute atomic E-state index is 13.4. The summed E-state index contributed by atoms with van der Waals surface area (Å²) >= 11 is 14.6. The number of aliphatic hydroxyl groups excluding tert-OH is 1. The number of nitro groups is 1. The minimum atomic E-state index is -1.20. The van der Waals surface area contributed by atoms with Crippen molar-refractivity contribution in [3.05, 3.63) is 109 Å². The molecule has 0 bridgehead atoms. The first-order valence-corrected chi connectivity index (χ1v) is 14.9. The van der Waals surface area contributed by atoms with Gasteiger partial charge in [-0.05, 0) is 54.4 Å². The smallest absolute Gasteiger partial charge is 0.301 e. The minimum Gasteiger partial charge on any atom is -0.507 e. The van der Waals surface area contributed by atoms with E-state index in [0.717, 1.165) is 21.8 Å². The number of nitro benzene ring substituents is 1. The summed E-state index contributed by atoms with van der Waals surface area (Å²) < 4.78 is 5.94. The van der Waals surface area contributed by atoms with Crippen LogP contribution in [0.25, 0.3) is 5.76 Å². The van der Waals surface area contributed by atoms with E-state index in [4.69, 9.17) is 27.9 Å². The number of non-ortho nitro benzene ring substituents is 1. The van der Waals surface area contributed by atoms with Gasteiger partial charge in [-0.25, -0.2) is 0 Å². The Morgan fingerprint density at radius 3 is 2.57 bits per heavy atom. The molecule has 1 unspecified atom stereocenters. The van der Waals surface area contributed by atoms with Gasteiger partial charge in [0.05, 0.1) is 23.1 Å². The van der Waals surface area contributed by atoms with Gasteiger partial charge >= 0.3 is 5.91 Å². The number of ether oxygens (including phenoxy) is 1. The lowest BCUT2D eigenvalue weighted by Gasteiger charge is -2.22. The number of carbonyl (C=O) groups is 2. The Bertz CT molecular complexity index is 1730. The highest BCUT2D eigenvalue weighted by Crippen LogP contribution is 2.44. The average Bonchev–Trinajstić information content (AvgIpc) is 3.54. The number of hydrogen-bond donors (Lipinski definition) is 1. The predicted molar refractivity (Wildman–Crippen MR) is 161 cm³/mol. The normalized spacial score (nSPS) is 16.2. The van der Waals surface area contributed by atoms with E-state index < -0.39 is 28.4 Å². The van der Waals surface area contributed by atoms with Gasteiger partial charge in [-0.1, -0.05) is 64.5 Å². The van der Waals surface area contributed by atoms with Gasteiger partial charge < -0.3 is 9.84 Å². The molecule has 4 aromatic rings. The summed E-state index contributed by atoms with van der Waals surface area (Å²) in [5, 5.41) is 32.3. The predicted octanol–water partition coefficient (Wildman–Crippen LogP) is 7.07. The van der Waals surface area contributed by atoms with Crippen molar-refractivity contribution in [2.24, 2.45) is 0 Å². The molecule has 1 fully saturated rings. The van der Waals surface area contributed by atoms with Crippen LogP contribution in [0.3, 0.4) is 0 Å².